The van der Waals surface area contributed by atoms with Gasteiger partial charge in [-0.2, -0.15) is 0 Å². The molecule has 0 fully saturated rings. The molecule has 76 valence electrons. The minimum Gasteiger partial charge on any atom is -0.107 e. The van der Waals surface area contributed by atoms with Crippen LogP contribution in [0.3, 0.4) is 0 Å². The molecule has 0 rings (SSSR count). The van der Waals surface area contributed by atoms with E-state index >= 15 is 0 Å². The van der Waals surface area contributed by atoms with Crippen molar-refractivity contribution in [2.24, 2.45) is 0 Å². The highest BCUT2D eigenvalue weighted by molar-refractivity contribution is 9.10. The average Bonchev–Trinajstić information content (AvgIpc) is 2.05. The average molecular weight is 266 g/mol. The smallest absolute Gasteiger partial charge is 0.0992 e. The van der Waals surface area contributed by atoms with Gasteiger partial charge in [0.25, 0.3) is 0 Å². The summed E-state index contributed by atoms with van der Waals surface area (Å²) >= 11 is 9.80. The van der Waals surface area contributed by atoms with Crippen molar-refractivity contribution >= 4 is 27.5 Å². The zero-order chi connectivity index (χ0) is 10.2. The molecule has 0 unspecified atom stereocenters. The Hall–Kier alpha value is 0.250. The van der Waals surface area contributed by atoms with Crippen LogP contribution in [-0.2, 0) is 0 Å². The van der Waals surface area contributed by atoms with Crippen molar-refractivity contribution in [3.8, 4) is 0 Å². The molecule has 0 spiro atoms. The van der Waals surface area contributed by atoms with Crippen LogP contribution in [0.25, 0.3) is 0 Å². The zero-order valence-electron chi connectivity index (χ0n) is 8.07. The van der Waals surface area contributed by atoms with Crippen LogP contribution in [0.1, 0.15) is 38.5 Å². The number of halogens is 2. The molecule has 0 aromatic heterocycles. The first-order valence-electron chi connectivity index (χ1n) is 4.72. The fraction of sp³-hybridized carbons (Fsp3) is 0.636. The lowest BCUT2D eigenvalue weighted by atomic mass is 10.1. The molecule has 0 radical (unpaired) electrons. The second-order valence-electron chi connectivity index (χ2n) is 3.22. The molecule has 0 saturated carbocycles. The van der Waals surface area contributed by atoms with Gasteiger partial charge in [0.15, 0.2) is 0 Å². The molecule has 0 bridgehead atoms. The van der Waals surface area contributed by atoms with Gasteiger partial charge in [0.05, 0.1) is 3.78 Å². The molecule has 0 aromatic carbocycles. The third-order valence-electron chi connectivity index (χ3n) is 1.90. The van der Waals surface area contributed by atoms with Crippen molar-refractivity contribution < 1.29 is 0 Å². The van der Waals surface area contributed by atoms with Gasteiger partial charge in [0.1, 0.15) is 0 Å². The molecule has 2 heteroatoms. The third kappa shape index (κ3) is 8.58. The highest BCUT2D eigenvalue weighted by atomic mass is 79.9. The van der Waals surface area contributed by atoms with Gasteiger partial charge < -0.3 is 0 Å². The maximum absolute atomic E-state index is 6.26. The van der Waals surface area contributed by atoms with Crippen molar-refractivity contribution in [1.29, 1.82) is 0 Å². The molecule has 0 aliphatic heterocycles. The summed E-state index contributed by atoms with van der Waals surface area (Å²) in [5.74, 6) is 0. The summed E-state index contributed by atoms with van der Waals surface area (Å²) in [6.45, 7) is 7.37. The number of alkyl halides is 2. The van der Waals surface area contributed by atoms with Crippen molar-refractivity contribution in [2.45, 2.75) is 42.3 Å². The van der Waals surface area contributed by atoms with Crippen LogP contribution in [0.4, 0.5) is 0 Å². The van der Waals surface area contributed by atoms with Crippen LogP contribution in [0.5, 0.6) is 0 Å². The van der Waals surface area contributed by atoms with Gasteiger partial charge >= 0.3 is 0 Å². The van der Waals surface area contributed by atoms with Gasteiger partial charge in [0, 0.05) is 0 Å². The van der Waals surface area contributed by atoms with E-state index in [1.807, 2.05) is 12.2 Å². The van der Waals surface area contributed by atoms with E-state index in [2.05, 4.69) is 29.1 Å². The Morgan fingerprint density at radius 3 is 1.77 bits per heavy atom. The van der Waals surface area contributed by atoms with Crippen molar-refractivity contribution in [2.75, 3.05) is 0 Å². The Labute approximate surface area is 95.2 Å². The first-order valence-corrected chi connectivity index (χ1v) is 5.89. The summed E-state index contributed by atoms with van der Waals surface area (Å²) in [5, 5.41) is 0. The fourth-order valence-corrected chi connectivity index (χ4v) is 1.96. The topological polar surface area (TPSA) is 0 Å². The molecule has 0 N–H and O–H groups in total. The van der Waals surface area contributed by atoms with Crippen LogP contribution >= 0.6 is 27.5 Å². The maximum Gasteiger partial charge on any atom is 0.0992 e. The van der Waals surface area contributed by atoms with Crippen LogP contribution in [0.2, 0.25) is 0 Å². The molecule has 0 nitrogen and oxygen atoms in total. The van der Waals surface area contributed by atoms with Gasteiger partial charge in [-0.25, -0.2) is 0 Å². The second kappa shape index (κ2) is 7.64. The first-order chi connectivity index (χ1) is 6.12. The molecule has 0 amide bonds. The second-order valence-corrected chi connectivity index (χ2v) is 5.92. The maximum atomic E-state index is 6.26. The normalized spacial score (nSPS) is 11.2. The lowest BCUT2D eigenvalue weighted by Gasteiger charge is -2.18. The van der Waals surface area contributed by atoms with Gasteiger partial charge in [-0.15, -0.1) is 24.8 Å². The van der Waals surface area contributed by atoms with Crippen LogP contribution in [0.15, 0.2) is 25.3 Å². The zero-order valence-corrected chi connectivity index (χ0v) is 10.4. The number of hydrogen-bond acceptors (Lipinski definition) is 0. The van der Waals surface area contributed by atoms with Gasteiger partial charge in [-0.1, -0.05) is 28.1 Å². The highest BCUT2D eigenvalue weighted by Crippen LogP contribution is 2.35. The van der Waals surface area contributed by atoms with Crippen molar-refractivity contribution in [3.63, 3.8) is 0 Å². The molecule has 0 saturated heterocycles. The van der Waals surface area contributed by atoms with Gasteiger partial charge in [0.2, 0.25) is 0 Å². The first kappa shape index (κ1) is 13.2. The molecule has 0 aromatic rings. The standard InChI is InChI=1S/C11H18BrCl/c1-3-5-7-9-11(12,13)10-8-6-4-2/h3-4H,1-2,5-10H2. The lowest BCUT2D eigenvalue weighted by molar-refractivity contribution is 0.603. The van der Waals surface area contributed by atoms with E-state index in [4.69, 9.17) is 11.6 Å². The number of hydrogen-bond donors (Lipinski definition) is 0. The third-order valence-corrected chi connectivity index (χ3v) is 3.07. The molecule has 0 aliphatic rings. The minimum atomic E-state index is -0.209. The van der Waals surface area contributed by atoms with Gasteiger partial charge in [-0.3, -0.25) is 0 Å². The van der Waals surface area contributed by atoms with E-state index in [1.54, 1.807) is 0 Å². The fourth-order valence-electron chi connectivity index (χ4n) is 1.14. The molecular weight excluding hydrogens is 247 g/mol. The summed E-state index contributed by atoms with van der Waals surface area (Å²) in [6, 6.07) is 0. The summed E-state index contributed by atoms with van der Waals surface area (Å²) in [5.41, 5.74) is 0. The van der Waals surface area contributed by atoms with E-state index in [0.717, 1.165) is 38.5 Å². The van der Waals surface area contributed by atoms with Crippen LogP contribution in [-0.4, -0.2) is 3.78 Å². The van der Waals surface area contributed by atoms with E-state index < -0.39 is 0 Å². The summed E-state index contributed by atoms with van der Waals surface area (Å²) < 4.78 is -0.209. The predicted molar refractivity (Wildman–Crippen MR) is 65.6 cm³/mol. The number of allylic oxidation sites excluding steroid dienone is 2. The van der Waals surface area contributed by atoms with E-state index in [-0.39, 0.29) is 3.78 Å². The summed E-state index contributed by atoms with van der Waals surface area (Å²) in [7, 11) is 0. The Morgan fingerprint density at radius 2 is 1.46 bits per heavy atom. The number of rotatable bonds is 8. The molecule has 0 atom stereocenters. The molecular formula is C11H18BrCl. The minimum absolute atomic E-state index is 0.209. The lowest BCUT2D eigenvalue weighted by Crippen LogP contribution is -2.11. The molecule has 0 aliphatic carbocycles. The van der Waals surface area contributed by atoms with E-state index in [1.165, 1.54) is 0 Å². The van der Waals surface area contributed by atoms with Crippen LogP contribution < -0.4 is 0 Å². The summed E-state index contributed by atoms with van der Waals surface area (Å²) in [6.07, 6.45) is 10.2. The van der Waals surface area contributed by atoms with E-state index in [0.29, 0.717) is 0 Å². The monoisotopic (exact) mass is 264 g/mol. The van der Waals surface area contributed by atoms with Crippen LogP contribution in [0, 0.1) is 0 Å². The summed E-state index contributed by atoms with van der Waals surface area (Å²) in [4.78, 5) is 0. The van der Waals surface area contributed by atoms with E-state index in [9.17, 15) is 0 Å². The largest absolute Gasteiger partial charge is 0.107 e. The quantitative estimate of drug-likeness (QED) is 0.328. The molecule has 0 heterocycles. The SMILES string of the molecule is C=CCCCC(Cl)(Br)CCCC=C. The Bertz CT molecular complexity index is 136. The van der Waals surface area contributed by atoms with Gasteiger partial charge in [-0.05, 0) is 38.5 Å². The Morgan fingerprint density at radius 1 is 1.08 bits per heavy atom. The highest BCUT2D eigenvalue weighted by Gasteiger charge is 2.21. The van der Waals surface area contributed by atoms with Crippen molar-refractivity contribution in [3.05, 3.63) is 25.3 Å². The Kier molecular flexibility index (Phi) is 7.78. The molecule has 13 heavy (non-hydrogen) atoms. The Balaban J connectivity index is 3.52. The predicted octanol–water partition coefficient (Wildman–Crippen LogP) is 5.03. The number of unbranched alkanes of at least 4 members (excludes halogenated alkanes) is 2. The van der Waals surface area contributed by atoms with Crippen molar-refractivity contribution in [1.82, 2.24) is 0 Å².